The summed E-state index contributed by atoms with van der Waals surface area (Å²) in [5.41, 5.74) is -0.568. The molecule has 0 bridgehead atoms. The molecule has 3 aromatic rings. The van der Waals surface area contributed by atoms with E-state index in [1.165, 1.54) is 12.1 Å². The molecule has 0 fully saturated rings. The zero-order chi connectivity index (χ0) is 25.2. The Morgan fingerprint density at radius 2 is 1.63 bits per heavy atom. The third kappa shape index (κ3) is 5.24. The predicted molar refractivity (Wildman–Crippen MR) is 131 cm³/mol. The van der Waals surface area contributed by atoms with E-state index in [-0.39, 0.29) is 18.5 Å². The van der Waals surface area contributed by atoms with Crippen LogP contribution >= 0.6 is 0 Å². The fourth-order valence-corrected chi connectivity index (χ4v) is 4.21. The highest BCUT2D eigenvalue weighted by molar-refractivity contribution is 6.19. The van der Waals surface area contributed by atoms with Gasteiger partial charge in [0, 0.05) is 18.4 Å². The van der Waals surface area contributed by atoms with E-state index < -0.39 is 34.9 Å². The lowest BCUT2D eigenvalue weighted by Gasteiger charge is -2.42. The highest BCUT2D eigenvalue weighted by Crippen LogP contribution is 2.36. The fourth-order valence-electron chi connectivity index (χ4n) is 4.21. The molecule has 1 aliphatic rings. The van der Waals surface area contributed by atoms with E-state index in [1.807, 2.05) is 30.3 Å². The first-order valence-electron chi connectivity index (χ1n) is 11.4. The molecule has 3 amide bonds. The van der Waals surface area contributed by atoms with Crippen LogP contribution in [-0.4, -0.2) is 29.0 Å². The molecule has 1 heterocycles. The molecule has 3 aromatic carbocycles. The second-order valence-corrected chi connectivity index (χ2v) is 9.64. The molecular weight excluding hydrogens is 447 g/mol. The Hall–Kier alpha value is -4.00. The lowest BCUT2D eigenvalue weighted by Crippen LogP contribution is -2.66. The number of imide groups is 1. The maximum Gasteiger partial charge on any atom is 0.421 e. The van der Waals surface area contributed by atoms with Crippen LogP contribution in [0.1, 0.15) is 42.3 Å². The lowest BCUT2D eigenvalue weighted by atomic mass is 9.79. The van der Waals surface area contributed by atoms with Crippen molar-refractivity contribution < 1.29 is 23.5 Å². The molecule has 0 saturated carbocycles. The van der Waals surface area contributed by atoms with Gasteiger partial charge in [0.1, 0.15) is 17.0 Å². The number of carbonyl (C=O) groups excluding carboxylic acids is 3. The molecule has 0 radical (unpaired) electrons. The van der Waals surface area contributed by atoms with Gasteiger partial charge in [0.2, 0.25) is 0 Å². The van der Waals surface area contributed by atoms with Gasteiger partial charge < -0.3 is 10.1 Å². The Morgan fingerprint density at radius 1 is 1.00 bits per heavy atom. The maximum atomic E-state index is 14.2. The van der Waals surface area contributed by atoms with Crippen LogP contribution in [0.4, 0.5) is 14.9 Å². The van der Waals surface area contributed by atoms with Crippen molar-refractivity contribution in [2.24, 2.45) is 0 Å². The largest absolute Gasteiger partial charge is 0.443 e. The van der Waals surface area contributed by atoms with Gasteiger partial charge in [0.25, 0.3) is 11.8 Å². The first-order chi connectivity index (χ1) is 16.6. The van der Waals surface area contributed by atoms with Crippen molar-refractivity contribution in [2.45, 2.75) is 44.8 Å². The molecule has 1 N–H and O–H groups in total. The monoisotopic (exact) mass is 474 g/mol. The smallest absolute Gasteiger partial charge is 0.421 e. The Labute approximate surface area is 203 Å². The minimum Gasteiger partial charge on any atom is -0.443 e. The zero-order valence-corrected chi connectivity index (χ0v) is 19.9. The number of nitrogens with one attached hydrogen (secondary N) is 1. The average Bonchev–Trinajstić information content (AvgIpc) is 2.80. The van der Waals surface area contributed by atoms with Gasteiger partial charge in [0.05, 0.1) is 5.69 Å². The summed E-state index contributed by atoms with van der Waals surface area (Å²) < 4.78 is 19.7. The van der Waals surface area contributed by atoms with Crippen LogP contribution in [-0.2, 0) is 22.4 Å². The van der Waals surface area contributed by atoms with Gasteiger partial charge in [-0.05, 0) is 56.2 Å². The van der Waals surface area contributed by atoms with Crippen molar-refractivity contribution in [1.82, 2.24) is 5.32 Å². The summed E-state index contributed by atoms with van der Waals surface area (Å²) >= 11 is 0. The number of ether oxygens (including phenoxy) is 1. The van der Waals surface area contributed by atoms with E-state index in [9.17, 15) is 18.8 Å². The summed E-state index contributed by atoms with van der Waals surface area (Å²) in [6, 6.07) is 21.7. The zero-order valence-electron chi connectivity index (χ0n) is 19.9. The molecule has 4 rings (SSSR count). The summed E-state index contributed by atoms with van der Waals surface area (Å²) in [6.45, 7) is 5.04. The quantitative estimate of drug-likeness (QED) is 0.574. The molecule has 1 unspecified atom stereocenters. The van der Waals surface area contributed by atoms with E-state index >= 15 is 0 Å². The fraction of sp³-hybridized carbons (Fsp3) is 0.250. The first-order valence-corrected chi connectivity index (χ1v) is 11.4. The van der Waals surface area contributed by atoms with Crippen LogP contribution in [0, 0.1) is 5.82 Å². The molecule has 0 saturated heterocycles. The summed E-state index contributed by atoms with van der Waals surface area (Å²) in [4.78, 5) is 41.5. The molecule has 1 aliphatic heterocycles. The van der Waals surface area contributed by atoms with Crippen molar-refractivity contribution in [3.63, 3.8) is 0 Å². The molecule has 0 spiro atoms. The Kier molecular flexibility index (Phi) is 6.43. The minimum absolute atomic E-state index is 0.0776. The van der Waals surface area contributed by atoms with E-state index in [0.29, 0.717) is 11.1 Å². The molecule has 180 valence electrons. The number of halogens is 1. The van der Waals surface area contributed by atoms with Crippen LogP contribution in [0.2, 0.25) is 0 Å². The molecule has 0 aliphatic carbocycles. The molecule has 6 nitrogen and oxygen atoms in total. The minimum atomic E-state index is -1.50. The van der Waals surface area contributed by atoms with Crippen molar-refractivity contribution in [2.75, 3.05) is 4.90 Å². The van der Waals surface area contributed by atoms with Crippen LogP contribution in [0.5, 0.6) is 0 Å². The van der Waals surface area contributed by atoms with Gasteiger partial charge in [0.15, 0.2) is 0 Å². The Morgan fingerprint density at radius 3 is 2.26 bits per heavy atom. The molecule has 1 atom stereocenters. The topological polar surface area (TPSA) is 75.7 Å². The Balaban J connectivity index is 1.84. The SMILES string of the molecule is CC(C)(C)OC(=O)N1C(=O)C(Cc2ccccc2)(NC(=O)c2ccccc2)Cc2ccc(F)cc21. The van der Waals surface area contributed by atoms with Crippen molar-refractivity contribution in [3.8, 4) is 0 Å². The highest BCUT2D eigenvalue weighted by Gasteiger charge is 2.50. The Bertz CT molecular complexity index is 1250. The van der Waals surface area contributed by atoms with Gasteiger partial charge >= 0.3 is 6.09 Å². The first kappa shape index (κ1) is 24.1. The van der Waals surface area contributed by atoms with Crippen molar-refractivity contribution in [1.29, 1.82) is 0 Å². The van der Waals surface area contributed by atoms with Crippen LogP contribution < -0.4 is 10.2 Å². The number of anilines is 1. The van der Waals surface area contributed by atoms with Gasteiger partial charge in [-0.1, -0.05) is 54.6 Å². The number of amides is 3. The van der Waals surface area contributed by atoms with E-state index in [2.05, 4.69) is 5.32 Å². The van der Waals surface area contributed by atoms with Crippen LogP contribution in [0.15, 0.2) is 78.9 Å². The van der Waals surface area contributed by atoms with Gasteiger partial charge in [-0.15, -0.1) is 0 Å². The summed E-state index contributed by atoms with van der Waals surface area (Å²) in [6.07, 6.45) is -0.726. The van der Waals surface area contributed by atoms with E-state index in [0.717, 1.165) is 16.5 Å². The maximum absolute atomic E-state index is 14.2. The molecule has 35 heavy (non-hydrogen) atoms. The molecular formula is C28H27FN2O4. The summed E-state index contributed by atoms with van der Waals surface area (Å²) in [5.74, 6) is -1.73. The predicted octanol–water partition coefficient (Wildman–Crippen LogP) is 5.06. The van der Waals surface area contributed by atoms with Crippen molar-refractivity contribution in [3.05, 3.63) is 101 Å². The molecule has 0 aromatic heterocycles. The third-order valence-electron chi connectivity index (χ3n) is 5.71. The number of benzene rings is 3. The normalized spacial score (nSPS) is 17.5. The summed E-state index contributed by atoms with van der Waals surface area (Å²) in [7, 11) is 0. The average molecular weight is 475 g/mol. The second-order valence-electron chi connectivity index (χ2n) is 9.64. The van der Waals surface area contributed by atoms with Gasteiger partial charge in [-0.3, -0.25) is 9.59 Å². The number of fused-ring (bicyclic) bond motifs is 1. The standard InChI is InChI=1S/C28H27FN2O4/c1-27(2,3)35-26(34)31-23-16-22(29)15-14-21(23)18-28(25(31)33,17-19-10-6-4-7-11-19)30-24(32)20-12-8-5-9-13-20/h4-16H,17-18H2,1-3H3,(H,30,32). The van der Waals surface area contributed by atoms with Crippen LogP contribution in [0.3, 0.4) is 0 Å². The number of nitrogens with zero attached hydrogens (tertiary/aromatic N) is 1. The van der Waals surface area contributed by atoms with Gasteiger partial charge in [-0.25, -0.2) is 14.1 Å². The van der Waals surface area contributed by atoms with Crippen molar-refractivity contribution >= 4 is 23.6 Å². The number of rotatable bonds is 4. The lowest BCUT2D eigenvalue weighted by molar-refractivity contribution is -0.125. The molecule has 7 heteroatoms. The van der Waals surface area contributed by atoms with Gasteiger partial charge in [-0.2, -0.15) is 0 Å². The van der Waals surface area contributed by atoms with Crippen LogP contribution in [0.25, 0.3) is 0 Å². The number of hydrogen-bond acceptors (Lipinski definition) is 4. The van der Waals surface area contributed by atoms with E-state index in [4.69, 9.17) is 4.74 Å². The number of carbonyl (C=O) groups is 3. The van der Waals surface area contributed by atoms with E-state index in [1.54, 1.807) is 51.1 Å². The third-order valence-corrected chi connectivity index (χ3v) is 5.71. The second kappa shape index (κ2) is 9.33. The summed E-state index contributed by atoms with van der Waals surface area (Å²) in [5, 5.41) is 2.92. The number of hydrogen-bond donors (Lipinski definition) is 1. The highest BCUT2D eigenvalue weighted by atomic mass is 19.1.